The number of urea groups is 1. The first-order chi connectivity index (χ1) is 13.3. The number of ether oxygens (including phenoxy) is 1. The molecule has 28 heavy (non-hydrogen) atoms. The Labute approximate surface area is 164 Å². The number of ketones is 1. The van der Waals surface area contributed by atoms with Gasteiger partial charge in [0.05, 0.1) is 0 Å². The number of carbonyl (C=O) groups is 4. The molecule has 1 heterocycles. The van der Waals surface area contributed by atoms with Gasteiger partial charge < -0.3 is 10.1 Å². The number of Topliss-reactive ketones (excluding diaryl/α,β-unsaturated/α-hetero) is 1. The molecule has 0 aromatic carbocycles. The highest BCUT2D eigenvalue weighted by molar-refractivity contribution is 6.08. The molecule has 1 aliphatic heterocycles. The summed E-state index contributed by atoms with van der Waals surface area (Å²) in [5.41, 5.74) is -1.22. The standard InChI is InChI=1S/C21H28N2O5/c1-20(15-2-3-15)18(26)23(19(27)22-20)10-17(25)28-11-16(24)21-7-12-4-13(8-21)6-14(5-12)9-21/h12-15H,2-11H2,1H3,(H,22,27)/t12?,13?,14?,20-,21?/m0/s1. The normalized spacial score (nSPS) is 41.3. The number of hydrogen-bond acceptors (Lipinski definition) is 5. The molecule has 6 rings (SSSR count). The fraction of sp³-hybridized carbons (Fsp3) is 0.810. The van der Waals surface area contributed by atoms with Gasteiger partial charge >= 0.3 is 12.0 Å². The monoisotopic (exact) mass is 388 g/mol. The van der Waals surface area contributed by atoms with E-state index in [0.717, 1.165) is 37.0 Å². The summed E-state index contributed by atoms with van der Waals surface area (Å²) in [4.78, 5) is 50.9. The van der Waals surface area contributed by atoms with Gasteiger partial charge in [-0.05, 0) is 82.0 Å². The summed E-state index contributed by atoms with van der Waals surface area (Å²) in [7, 11) is 0. The van der Waals surface area contributed by atoms with E-state index in [4.69, 9.17) is 4.74 Å². The molecule has 0 spiro atoms. The summed E-state index contributed by atoms with van der Waals surface area (Å²) in [6, 6.07) is -0.552. The number of esters is 1. The molecule has 5 saturated carbocycles. The average molecular weight is 388 g/mol. The van der Waals surface area contributed by atoms with Crippen molar-refractivity contribution in [2.75, 3.05) is 13.2 Å². The minimum absolute atomic E-state index is 0.0277. The van der Waals surface area contributed by atoms with E-state index in [9.17, 15) is 19.2 Å². The van der Waals surface area contributed by atoms with Crippen LogP contribution in [0.3, 0.4) is 0 Å². The Bertz CT molecular complexity index is 723. The molecule has 6 aliphatic rings. The molecular weight excluding hydrogens is 360 g/mol. The fourth-order valence-electron chi connectivity index (χ4n) is 6.72. The minimum atomic E-state index is -0.910. The lowest BCUT2D eigenvalue weighted by Gasteiger charge is -2.55. The van der Waals surface area contributed by atoms with E-state index in [1.807, 2.05) is 0 Å². The van der Waals surface area contributed by atoms with Crippen molar-refractivity contribution in [3.05, 3.63) is 0 Å². The summed E-state index contributed by atoms with van der Waals surface area (Å²) >= 11 is 0. The Balaban J connectivity index is 1.17. The minimum Gasteiger partial charge on any atom is -0.456 e. The van der Waals surface area contributed by atoms with Gasteiger partial charge in [0.25, 0.3) is 5.91 Å². The van der Waals surface area contributed by atoms with Gasteiger partial charge in [-0.15, -0.1) is 0 Å². The van der Waals surface area contributed by atoms with Crippen LogP contribution in [0, 0.1) is 29.1 Å². The molecule has 0 unspecified atom stereocenters. The summed E-state index contributed by atoms with van der Waals surface area (Å²) in [6.07, 6.45) is 8.35. The second kappa shape index (κ2) is 6.04. The predicted molar refractivity (Wildman–Crippen MR) is 97.9 cm³/mol. The number of rotatable bonds is 6. The molecule has 3 amide bonds. The van der Waals surface area contributed by atoms with Crippen molar-refractivity contribution in [1.82, 2.24) is 10.2 Å². The third kappa shape index (κ3) is 2.77. The molecule has 0 radical (unpaired) electrons. The highest BCUT2D eigenvalue weighted by Gasteiger charge is 2.57. The van der Waals surface area contributed by atoms with E-state index < -0.39 is 24.1 Å². The zero-order valence-corrected chi connectivity index (χ0v) is 16.4. The van der Waals surface area contributed by atoms with E-state index in [-0.39, 0.29) is 29.6 Å². The molecule has 7 nitrogen and oxygen atoms in total. The van der Waals surface area contributed by atoms with Crippen molar-refractivity contribution in [2.24, 2.45) is 29.1 Å². The molecule has 7 heteroatoms. The van der Waals surface area contributed by atoms with Crippen LogP contribution in [-0.2, 0) is 19.1 Å². The summed E-state index contributed by atoms with van der Waals surface area (Å²) in [5, 5.41) is 2.71. The van der Waals surface area contributed by atoms with Crippen LogP contribution in [-0.4, -0.2) is 47.3 Å². The van der Waals surface area contributed by atoms with Crippen molar-refractivity contribution in [3.63, 3.8) is 0 Å². The van der Waals surface area contributed by atoms with E-state index in [2.05, 4.69) is 5.32 Å². The Morgan fingerprint density at radius 3 is 2.18 bits per heavy atom. The summed E-state index contributed by atoms with van der Waals surface area (Å²) in [5.74, 6) is 1.05. The molecule has 6 fully saturated rings. The number of nitrogens with one attached hydrogen (secondary N) is 1. The van der Waals surface area contributed by atoms with E-state index >= 15 is 0 Å². The van der Waals surface area contributed by atoms with E-state index in [1.165, 1.54) is 19.3 Å². The van der Waals surface area contributed by atoms with Gasteiger partial charge in [-0.25, -0.2) is 4.79 Å². The number of nitrogens with zero attached hydrogens (tertiary/aromatic N) is 1. The first kappa shape index (κ1) is 18.1. The lowest BCUT2D eigenvalue weighted by molar-refractivity contribution is -0.158. The van der Waals surface area contributed by atoms with Gasteiger partial charge in [-0.2, -0.15) is 0 Å². The fourth-order valence-corrected chi connectivity index (χ4v) is 6.72. The summed E-state index contributed by atoms with van der Waals surface area (Å²) < 4.78 is 5.23. The molecule has 4 bridgehead atoms. The maximum absolute atomic E-state index is 12.9. The van der Waals surface area contributed by atoms with Crippen LogP contribution >= 0.6 is 0 Å². The molecule has 0 aromatic heterocycles. The average Bonchev–Trinajstić information content (AvgIpc) is 3.45. The molecule has 0 aromatic rings. The quantitative estimate of drug-likeness (QED) is 0.555. The molecule has 1 saturated heterocycles. The molecular formula is C21H28N2O5. The van der Waals surface area contributed by atoms with Crippen molar-refractivity contribution in [3.8, 4) is 0 Å². The number of carbonyl (C=O) groups excluding carboxylic acids is 4. The van der Waals surface area contributed by atoms with Crippen LogP contribution in [0.4, 0.5) is 4.79 Å². The lowest BCUT2D eigenvalue weighted by Crippen LogP contribution is -2.51. The van der Waals surface area contributed by atoms with Gasteiger partial charge in [0, 0.05) is 5.41 Å². The Kier molecular flexibility index (Phi) is 3.91. The zero-order valence-electron chi connectivity index (χ0n) is 16.4. The molecule has 5 aliphatic carbocycles. The number of amides is 3. The molecule has 152 valence electrons. The van der Waals surface area contributed by atoms with Gasteiger partial charge in [0.1, 0.15) is 12.1 Å². The SMILES string of the molecule is C[C@@]1(C2CC2)NC(=O)N(CC(=O)OCC(=O)C23CC4CC(CC(C4)C2)C3)C1=O. The highest BCUT2D eigenvalue weighted by atomic mass is 16.5. The lowest BCUT2D eigenvalue weighted by atomic mass is 9.48. The van der Waals surface area contributed by atoms with E-state index in [1.54, 1.807) is 6.92 Å². The van der Waals surface area contributed by atoms with Crippen LogP contribution in [0.1, 0.15) is 58.3 Å². The van der Waals surface area contributed by atoms with E-state index in [0.29, 0.717) is 17.8 Å². The Morgan fingerprint density at radius 1 is 1.07 bits per heavy atom. The van der Waals surface area contributed by atoms with Crippen LogP contribution in [0.25, 0.3) is 0 Å². The Morgan fingerprint density at radius 2 is 1.64 bits per heavy atom. The second-order valence-corrected chi connectivity index (χ2v) is 10.1. The second-order valence-electron chi connectivity index (χ2n) is 10.1. The van der Waals surface area contributed by atoms with Crippen molar-refractivity contribution in [1.29, 1.82) is 0 Å². The van der Waals surface area contributed by atoms with Crippen molar-refractivity contribution in [2.45, 2.75) is 63.8 Å². The topological polar surface area (TPSA) is 92.8 Å². The maximum Gasteiger partial charge on any atom is 0.326 e. The Hall–Kier alpha value is -1.92. The maximum atomic E-state index is 12.9. The molecule has 1 N–H and O–H groups in total. The summed E-state index contributed by atoms with van der Waals surface area (Å²) in [6.45, 7) is 1.04. The largest absolute Gasteiger partial charge is 0.456 e. The van der Waals surface area contributed by atoms with Crippen LogP contribution in [0.5, 0.6) is 0 Å². The van der Waals surface area contributed by atoms with Crippen molar-refractivity contribution >= 4 is 23.7 Å². The van der Waals surface area contributed by atoms with Gasteiger partial charge in [-0.3, -0.25) is 19.3 Å². The first-order valence-electron chi connectivity index (χ1n) is 10.6. The van der Waals surface area contributed by atoms with Crippen LogP contribution in [0.2, 0.25) is 0 Å². The zero-order chi connectivity index (χ0) is 19.7. The third-order valence-electron chi connectivity index (χ3n) is 7.98. The predicted octanol–water partition coefficient (Wildman–Crippen LogP) is 2.04. The van der Waals surface area contributed by atoms with Crippen molar-refractivity contribution < 1.29 is 23.9 Å². The molecule has 1 atom stereocenters. The van der Waals surface area contributed by atoms with Gasteiger partial charge in [0.15, 0.2) is 12.4 Å². The van der Waals surface area contributed by atoms with Crippen LogP contribution in [0.15, 0.2) is 0 Å². The van der Waals surface area contributed by atoms with Gasteiger partial charge in [0.2, 0.25) is 0 Å². The first-order valence-corrected chi connectivity index (χ1v) is 10.6. The number of imide groups is 1. The van der Waals surface area contributed by atoms with Gasteiger partial charge in [-0.1, -0.05) is 0 Å². The number of hydrogen-bond donors (Lipinski definition) is 1. The van der Waals surface area contributed by atoms with Crippen LogP contribution < -0.4 is 5.32 Å². The third-order valence-corrected chi connectivity index (χ3v) is 7.98. The smallest absolute Gasteiger partial charge is 0.326 e. The highest BCUT2D eigenvalue weighted by Crippen LogP contribution is 2.60.